The molecule has 3 rings (SSSR count). The number of benzene rings is 2. The van der Waals surface area contributed by atoms with Crippen molar-refractivity contribution in [1.29, 1.82) is 0 Å². The number of carbonyl (C=O) groups excluding carboxylic acids is 1. The third-order valence-corrected chi connectivity index (χ3v) is 6.00. The quantitative estimate of drug-likeness (QED) is 0.923. The first-order valence-electron chi connectivity index (χ1n) is 7.11. The van der Waals surface area contributed by atoms with Crippen LogP contribution in [0.25, 0.3) is 0 Å². The maximum Gasteiger partial charge on any atom is 0.264 e. The number of aryl methyl sites for hydroxylation is 1. The monoisotopic (exact) mass is 350 g/mol. The number of para-hydroxylation sites is 1. The molecule has 2 aromatic carbocycles. The Morgan fingerprint density at radius 2 is 1.91 bits per heavy atom. The molecule has 0 saturated carbocycles. The summed E-state index contributed by atoms with van der Waals surface area (Å²) in [5.41, 5.74) is 6.92. The third kappa shape index (κ3) is 2.80. The van der Waals surface area contributed by atoms with E-state index in [1.165, 1.54) is 22.5 Å². The predicted octanol–water partition coefficient (Wildman–Crippen LogP) is 2.58. The van der Waals surface area contributed by atoms with E-state index in [0.29, 0.717) is 12.2 Å². The van der Waals surface area contributed by atoms with Crippen molar-refractivity contribution in [3.63, 3.8) is 0 Å². The van der Waals surface area contributed by atoms with Gasteiger partial charge in [-0.05, 0) is 42.7 Å². The first kappa shape index (κ1) is 15.8. The second-order valence-electron chi connectivity index (χ2n) is 5.32. The summed E-state index contributed by atoms with van der Waals surface area (Å²) in [6.07, 6.45) is 1.59. The zero-order valence-corrected chi connectivity index (χ0v) is 13.8. The minimum absolute atomic E-state index is 0.00182. The van der Waals surface area contributed by atoms with Crippen molar-refractivity contribution in [1.82, 2.24) is 0 Å². The minimum Gasteiger partial charge on any atom is -0.366 e. The summed E-state index contributed by atoms with van der Waals surface area (Å²) >= 11 is 5.90. The summed E-state index contributed by atoms with van der Waals surface area (Å²) in [6.45, 7) is 0.397. The lowest BCUT2D eigenvalue weighted by Crippen LogP contribution is -2.35. The van der Waals surface area contributed by atoms with Gasteiger partial charge in [-0.3, -0.25) is 9.10 Å². The summed E-state index contributed by atoms with van der Waals surface area (Å²) in [5.74, 6) is -0.758. The fourth-order valence-electron chi connectivity index (χ4n) is 2.73. The summed E-state index contributed by atoms with van der Waals surface area (Å²) in [6, 6.07) is 11.4. The number of carbonyl (C=O) groups is 1. The second-order valence-corrected chi connectivity index (χ2v) is 7.58. The van der Waals surface area contributed by atoms with Crippen molar-refractivity contribution in [2.75, 3.05) is 10.8 Å². The van der Waals surface area contributed by atoms with Crippen molar-refractivity contribution in [2.24, 2.45) is 5.73 Å². The molecular weight excluding hydrogens is 336 g/mol. The van der Waals surface area contributed by atoms with E-state index in [4.69, 9.17) is 17.3 Å². The van der Waals surface area contributed by atoms with Gasteiger partial charge in [0.15, 0.2) is 0 Å². The van der Waals surface area contributed by atoms with Crippen LogP contribution in [0.5, 0.6) is 0 Å². The largest absolute Gasteiger partial charge is 0.366 e. The fourth-order valence-corrected chi connectivity index (χ4v) is 4.51. The molecule has 5 nitrogen and oxygen atoms in total. The molecule has 2 N–H and O–H groups in total. The summed E-state index contributed by atoms with van der Waals surface area (Å²) in [4.78, 5) is 11.4. The number of hydrogen-bond acceptors (Lipinski definition) is 3. The van der Waals surface area contributed by atoms with Crippen LogP contribution in [0.4, 0.5) is 5.69 Å². The molecule has 0 radical (unpaired) electrons. The Kier molecular flexibility index (Phi) is 4.04. The number of anilines is 1. The molecule has 0 atom stereocenters. The number of halogens is 1. The highest BCUT2D eigenvalue weighted by molar-refractivity contribution is 7.92. The topological polar surface area (TPSA) is 80.5 Å². The van der Waals surface area contributed by atoms with Gasteiger partial charge in [0.2, 0.25) is 5.91 Å². The predicted molar refractivity (Wildman–Crippen MR) is 89.3 cm³/mol. The molecule has 1 aliphatic heterocycles. The van der Waals surface area contributed by atoms with Gasteiger partial charge in [0.05, 0.1) is 21.2 Å². The highest BCUT2D eigenvalue weighted by Gasteiger charge is 2.29. The van der Waals surface area contributed by atoms with Crippen molar-refractivity contribution in [2.45, 2.75) is 17.7 Å². The van der Waals surface area contributed by atoms with Crippen LogP contribution in [0.3, 0.4) is 0 Å². The molecule has 1 aliphatic rings. The Balaban J connectivity index is 2.10. The van der Waals surface area contributed by atoms with Gasteiger partial charge in [0.25, 0.3) is 10.0 Å². The van der Waals surface area contributed by atoms with E-state index in [2.05, 4.69) is 0 Å². The Hall–Kier alpha value is -2.05. The zero-order valence-electron chi connectivity index (χ0n) is 12.2. The maximum absolute atomic E-state index is 13.0. The molecule has 0 saturated heterocycles. The highest BCUT2D eigenvalue weighted by Crippen LogP contribution is 2.32. The second kappa shape index (κ2) is 5.86. The van der Waals surface area contributed by atoms with E-state index >= 15 is 0 Å². The number of hydrogen-bond donors (Lipinski definition) is 1. The molecule has 0 aliphatic carbocycles. The molecular formula is C16H15ClN2O3S. The van der Waals surface area contributed by atoms with Crippen molar-refractivity contribution < 1.29 is 13.2 Å². The molecule has 0 fully saturated rings. The standard InChI is InChI=1S/C16H15ClN2O3S/c17-14-8-7-12(10-13(14)16(18)20)23(21,22)19-9-3-5-11-4-1-2-6-15(11)19/h1-2,4,6-8,10H,3,5,9H2,(H2,18,20). The maximum atomic E-state index is 13.0. The van der Waals surface area contributed by atoms with Crippen molar-refractivity contribution in [3.8, 4) is 0 Å². The van der Waals surface area contributed by atoms with Gasteiger partial charge in [-0.2, -0.15) is 0 Å². The Morgan fingerprint density at radius 3 is 2.65 bits per heavy atom. The first-order chi connectivity index (χ1) is 10.9. The number of primary amides is 1. The number of nitrogens with zero attached hydrogens (tertiary/aromatic N) is 1. The van der Waals surface area contributed by atoms with Crippen molar-refractivity contribution in [3.05, 3.63) is 58.6 Å². The number of sulfonamides is 1. The molecule has 0 spiro atoms. The normalized spacial score (nSPS) is 14.4. The Bertz CT molecular complexity index is 881. The van der Waals surface area contributed by atoms with Crippen LogP contribution >= 0.6 is 11.6 Å². The SMILES string of the molecule is NC(=O)c1cc(S(=O)(=O)N2CCCc3ccccc32)ccc1Cl. The fraction of sp³-hybridized carbons (Fsp3) is 0.188. The van der Waals surface area contributed by atoms with Gasteiger partial charge in [0, 0.05) is 6.54 Å². The van der Waals surface area contributed by atoms with Crippen LogP contribution in [0.2, 0.25) is 5.02 Å². The summed E-state index contributed by atoms with van der Waals surface area (Å²) < 4.78 is 27.3. The van der Waals surface area contributed by atoms with Crippen LogP contribution in [0, 0.1) is 0 Å². The van der Waals surface area contributed by atoms with Gasteiger partial charge in [-0.15, -0.1) is 0 Å². The lowest BCUT2D eigenvalue weighted by atomic mass is 10.0. The van der Waals surface area contributed by atoms with E-state index in [9.17, 15) is 13.2 Å². The Morgan fingerprint density at radius 1 is 1.17 bits per heavy atom. The van der Waals surface area contributed by atoms with Crippen LogP contribution in [0.1, 0.15) is 22.3 Å². The number of amides is 1. The van der Waals surface area contributed by atoms with E-state index < -0.39 is 15.9 Å². The number of rotatable bonds is 3. The average Bonchev–Trinajstić information content (AvgIpc) is 2.54. The van der Waals surface area contributed by atoms with E-state index in [1.807, 2.05) is 18.2 Å². The van der Waals surface area contributed by atoms with E-state index in [-0.39, 0.29) is 15.5 Å². The highest BCUT2D eigenvalue weighted by atomic mass is 35.5. The molecule has 120 valence electrons. The molecule has 1 amide bonds. The van der Waals surface area contributed by atoms with Crippen LogP contribution in [-0.2, 0) is 16.4 Å². The van der Waals surface area contributed by atoms with Crippen LogP contribution in [-0.4, -0.2) is 20.9 Å². The molecule has 7 heteroatoms. The smallest absolute Gasteiger partial charge is 0.264 e. The molecule has 0 bridgehead atoms. The van der Waals surface area contributed by atoms with Gasteiger partial charge in [-0.1, -0.05) is 29.8 Å². The van der Waals surface area contributed by atoms with E-state index in [0.717, 1.165) is 18.4 Å². The number of fused-ring (bicyclic) bond motifs is 1. The minimum atomic E-state index is -3.78. The summed E-state index contributed by atoms with van der Waals surface area (Å²) in [5, 5.41) is 0.135. The Labute approximate surface area is 139 Å². The molecule has 2 aromatic rings. The molecule has 0 aromatic heterocycles. The van der Waals surface area contributed by atoms with Gasteiger partial charge in [-0.25, -0.2) is 8.42 Å². The van der Waals surface area contributed by atoms with E-state index in [1.54, 1.807) is 6.07 Å². The van der Waals surface area contributed by atoms with Crippen LogP contribution < -0.4 is 10.0 Å². The van der Waals surface area contributed by atoms with Gasteiger partial charge < -0.3 is 5.73 Å². The number of nitrogens with two attached hydrogens (primary N) is 1. The third-order valence-electron chi connectivity index (χ3n) is 3.86. The average molecular weight is 351 g/mol. The molecule has 23 heavy (non-hydrogen) atoms. The molecule has 1 heterocycles. The first-order valence-corrected chi connectivity index (χ1v) is 8.93. The van der Waals surface area contributed by atoms with Crippen molar-refractivity contribution >= 4 is 33.2 Å². The zero-order chi connectivity index (χ0) is 16.6. The van der Waals surface area contributed by atoms with Gasteiger partial charge >= 0.3 is 0 Å². The lowest BCUT2D eigenvalue weighted by molar-refractivity contribution is 0.1000. The lowest BCUT2D eigenvalue weighted by Gasteiger charge is -2.30. The van der Waals surface area contributed by atoms with Crippen LogP contribution in [0.15, 0.2) is 47.4 Å². The van der Waals surface area contributed by atoms with Gasteiger partial charge in [0.1, 0.15) is 0 Å². The molecule has 0 unspecified atom stereocenters. The summed E-state index contributed by atoms with van der Waals surface area (Å²) in [7, 11) is -3.78.